The molecule has 0 saturated heterocycles. The van der Waals surface area contributed by atoms with Gasteiger partial charge in [0.15, 0.2) is 5.82 Å². The Balaban J connectivity index is 2.48. The molecule has 1 heterocycles. The van der Waals surface area contributed by atoms with E-state index in [2.05, 4.69) is 5.10 Å². The first kappa shape index (κ1) is 11.4. The van der Waals surface area contributed by atoms with Crippen molar-refractivity contribution >= 4 is 23.2 Å². The molecule has 0 radical (unpaired) electrons. The molecule has 1 aromatic carbocycles. The second-order valence-corrected chi connectivity index (χ2v) is 3.95. The molecule has 2 aromatic rings. The van der Waals surface area contributed by atoms with E-state index in [1.165, 1.54) is 16.8 Å². The molecule has 0 spiro atoms. The summed E-state index contributed by atoms with van der Waals surface area (Å²) in [5, 5.41) is 12.8. The molecule has 0 amide bonds. The molecule has 6 heteroatoms. The van der Waals surface area contributed by atoms with Gasteiger partial charge in [-0.3, -0.25) is 0 Å². The number of aliphatic hydroxyl groups excluding tert-OH is 1. The molecular formula is C10H7Cl2FN2O. The predicted octanol–water partition coefficient (Wildman–Crippen LogP) is 2.81. The van der Waals surface area contributed by atoms with E-state index in [0.29, 0.717) is 11.4 Å². The van der Waals surface area contributed by atoms with Crippen molar-refractivity contribution in [3.05, 3.63) is 46.0 Å². The van der Waals surface area contributed by atoms with Crippen molar-refractivity contribution in [3.63, 3.8) is 0 Å². The Morgan fingerprint density at radius 3 is 2.44 bits per heavy atom. The highest BCUT2D eigenvalue weighted by atomic mass is 35.5. The van der Waals surface area contributed by atoms with Crippen LogP contribution in [0, 0.1) is 5.82 Å². The number of aliphatic hydroxyl groups is 1. The molecule has 0 aliphatic rings. The summed E-state index contributed by atoms with van der Waals surface area (Å²) in [5.74, 6) is -0.651. The summed E-state index contributed by atoms with van der Waals surface area (Å²) in [6.07, 6.45) is 1.63. The Hall–Kier alpha value is -1.10. The van der Waals surface area contributed by atoms with Crippen LogP contribution in [0.2, 0.25) is 10.0 Å². The van der Waals surface area contributed by atoms with Gasteiger partial charge in [0.25, 0.3) is 0 Å². The van der Waals surface area contributed by atoms with Gasteiger partial charge in [-0.15, -0.1) is 0 Å². The van der Waals surface area contributed by atoms with E-state index in [1.54, 1.807) is 12.3 Å². The zero-order chi connectivity index (χ0) is 11.7. The summed E-state index contributed by atoms with van der Waals surface area (Å²) < 4.78 is 14.6. The highest BCUT2D eigenvalue weighted by Crippen LogP contribution is 2.26. The van der Waals surface area contributed by atoms with Crippen LogP contribution in [0.5, 0.6) is 0 Å². The minimum atomic E-state index is -0.651. The van der Waals surface area contributed by atoms with Crippen molar-refractivity contribution in [3.8, 4) is 5.69 Å². The third-order valence-electron chi connectivity index (χ3n) is 2.04. The lowest BCUT2D eigenvalue weighted by atomic mass is 10.3. The monoisotopic (exact) mass is 260 g/mol. The average molecular weight is 261 g/mol. The van der Waals surface area contributed by atoms with Gasteiger partial charge in [0.05, 0.1) is 28.0 Å². The van der Waals surface area contributed by atoms with Crippen LogP contribution in [0.3, 0.4) is 0 Å². The molecule has 0 saturated carbocycles. The first-order valence-corrected chi connectivity index (χ1v) is 5.17. The average Bonchev–Trinajstić information content (AvgIpc) is 2.73. The molecule has 0 atom stereocenters. The van der Waals surface area contributed by atoms with Crippen LogP contribution in [-0.4, -0.2) is 14.9 Å². The van der Waals surface area contributed by atoms with E-state index in [4.69, 9.17) is 28.3 Å². The molecule has 0 aliphatic heterocycles. The van der Waals surface area contributed by atoms with Crippen LogP contribution >= 0.6 is 23.2 Å². The lowest BCUT2D eigenvalue weighted by molar-refractivity contribution is 0.276. The van der Waals surface area contributed by atoms with Crippen molar-refractivity contribution in [2.24, 2.45) is 0 Å². The number of nitrogens with zero attached hydrogens (tertiary/aromatic N) is 2. The number of halogens is 3. The highest BCUT2D eigenvalue weighted by molar-refractivity contribution is 6.35. The summed E-state index contributed by atoms with van der Waals surface area (Å²) in [7, 11) is 0. The third kappa shape index (κ3) is 2.04. The van der Waals surface area contributed by atoms with Crippen LogP contribution in [0.4, 0.5) is 4.39 Å². The van der Waals surface area contributed by atoms with E-state index in [-0.39, 0.29) is 16.7 Å². The summed E-state index contributed by atoms with van der Waals surface area (Å²) in [6.45, 7) is -0.157. The maximum absolute atomic E-state index is 13.2. The fourth-order valence-electron chi connectivity index (χ4n) is 1.26. The second-order valence-electron chi connectivity index (χ2n) is 3.13. The van der Waals surface area contributed by atoms with Crippen molar-refractivity contribution in [2.75, 3.05) is 0 Å². The van der Waals surface area contributed by atoms with E-state index < -0.39 is 5.82 Å². The van der Waals surface area contributed by atoms with Crippen molar-refractivity contribution < 1.29 is 9.50 Å². The molecule has 0 fully saturated rings. The molecule has 0 bridgehead atoms. The number of rotatable bonds is 2. The fraction of sp³-hybridized carbons (Fsp3) is 0.100. The molecule has 1 aromatic heterocycles. The highest BCUT2D eigenvalue weighted by Gasteiger charge is 2.09. The van der Waals surface area contributed by atoms with Crippen molar-refractivity contribution in [2.45, 2.75) is 6.61 Å². The van der Waals surface area contributed by atoms with Gasteiger partial charge in [-0.1, -0.05) is 23.2 Å². The Bertz CT molecular complexity index is 504. The summed E-state index contributed by atoms with van der Waals surface area (Å²) in [5.41, 5.74) is 1.05. The second kappa shape index (κ2) is 4.41. The van der Waals surface area contributed by atoms with Crippen LogP contribution < -0.4 is 0 Å². The normalized spacial score (nSPS) is 10.8. The SMILES string of the molecule is OCc1ccn(-c2cc(Cl)c(F)c(Cl)c2)n1. The summed E-state index contributed by atoms with van der Waals surface area (Å²) in [4.78, 5) is 0. The minimum absolute atomic E-state index is 0.0662. The smallest absolute Gasteiger partial charge is 0.160 e. The van der Waals surface area contributed by atoms with E-state index in [1.807, 2.05) is 0 Å². The lowest BCUT2D eigenvalue weighted by Crippen LogP contribution is -1.97. The van der Waals surface area contributed by atoms with E-state index in [9.17, 15) is 4.39 Å². The molecule has 16 heavy (non-hydrogen) atoms. The number of benzene rings is 1. The first-order chi connectivity index (χ1) is 7.61. The standard InChI is InChI=1S/C10H7Cl2FN2O/c11-8-3-7(4-9(12)10(8)13)15-2-1-6(5-16)14-15/h1-4,16H,5H2. The maximum Gasteiger partial charge on any atom is 0.160 e. The van der Waals surface area contributed by atoms with Gasteiger partial charge in [-0.2, -0.15) is 5.10 Å². The largest absolute Gasteiger partial charge is 0.390 e. The molecule has 0 aliphatic carbocycles. The first-order valence-electron chi connectivity index (χ1n) is 4.42. The molecule has 2 rings (SSSR count). The Kier molecular flexibility index (Phi) is 3.14. The van der Waals surface area contributed by atoms with Gasteiger partial charge < -0.3 is 5.11 Å². The Morgan fingerprint density at radius 2 is 1.94 bits per heavy atom. The number of aromatic nitrogens is 2. The number of hydrogen-bond donors (Lipinski definition) is 1. The van der Waals surface area contributed by atoms with Gasteiger partial charge in [-0.05, 0) is 18.2 Å². The molecule has 84 valence electrons. The van der Waals surface area contributed by atoms with Gasteiger partial charge in [0.1, 0.15) is 0 Å². The van der Waals surface area contributed by atoms with Crippen LogP contribution in [0.15, 0.2) is 24.4 Å². The Morgan fingerprint density at radius 1 is 1.31 bits per heavy atom. The van der Waals surface area contributed by atoms with Gasteiger partial charge in [0.2, 0.25) is 0 Å². The predicted molar refractivity (Wildman–Crippen MR) is 59.5 cm³/mol. The fourth-order valence-corrected chi connectivity index (χ4v) is 1.74. The van der Waals surface area contributed by atoms with Crippen LogP contribution in [0.25, 0.3) is 5.69 Å². The van der Waals surface area contributed by atoms with Gasteiger partial charge in [0, 0.05) is 6.20 Å². The Labute approximate surface area is 101 Å². The molecular weight excluding hydrogens is 254 g/mol. The van der Waals surface area contributed by atoms with Crippen molar-refractivity contribution in [1.82, 2.24) is 9.78 Å². The zero-order valence-electron chi connectivity index (χ0n) is 7.99. The molecule has 0 unspecified atom stereocenters. The molecule has 3 nitrogen and oxygen atoms in total. The van der Waals surface area contributed by atoms with Gasteiger partial charge >= 0.3 is 0 Å². The lowest BCUT2D eigenvalue weighted by Gasteiger charge is -2.04. The minimum Gasteiger partial charge on any atom is -0.390 e. The van der Waals surface area contributed by atoms with E-state index in [0.717, 1.165) is 0 Å². The van der Waals surface area contributed by atoms with Gasteiger partial charge in [-0.25, -0.2) is 9.07 Å². The maximum atomic E-state index is 13.2. The number of hydrogen-bond acceptors (Lipinski definition) is 2. The topological polar surface area (TPSA) is 38.0 Å². The third-order valence-corrected chi connectivity index (χ3v) is 2.59. The quantitative estimate of drug-likeness (QED) is 0.844. The summed E-state index contributed by atoms with van der Waals surface area (Å²) in [6, 6.07) is 4.47. The van der Waals surface area contributed by atoms with Crippen LogP contribution in [0.1, 0.15) is 5.69 Å². The van der Waals surface area contributed by atoms with Crippen molar-refractivity contribution in [1.29, 1.82) is 0 Å². The molecule has 1 N–H and O–H groups in total. The van der Waals surface area contributed by atoms with E-state index >= 15 is 0 Å². The summed E-state index contributed by atoms with van der Waals surface area (Å²) >= 11 is 11.3. The zero-order valence-corrected chi connectivity index (χ0v) is 9.50. The van der Waals surface area contributed by atoms with Crippen LogP contribution in [-0.2, 0) is 6.61 Å².